The van der Waals surface area contributed by atoms with Crippen molar-refractivity contribution in [1.29, 1.82) is 0 Å². The molecule has 1 rings (SSSR count). The summed E-state index contributed by atoms with van der Waals surface area (Å²) in [5.41, 5.74) is -1.68. The SMILES string of the molecule is CCOC(=O)[C@H](C)n1cc(C(F)(F)F)ccc1=O. The Morgan fingerprint density at radius 1 is 1.44 bits per heavy atom. The maximum atomic E-state index is 12.5. The second-order valence-corrected chi connectivity index (χ2v) is 3.59. The van der Waals surface area contributed by atoms with Crippen molar-refractivity contribution < 1.29 is 22.7 Å². The molecule has 1 atom stereocenters. The Kier molecular flexibility index (Phi) is 4.15. The van der Waals surface area contributed by atoms with Crippen LogP contribution in [0.4, 0.5) is 13.2 Å². The summed E-state index contributed by atoms with van der Waals surface area (Å²) >= 11 is 0. The van der Waals surface area contributed by atoms with E-state index in [0.717, 1.165) is 6.07 Å². The van der Waals surface area contributed by atoms with Gasteiger partial charge in [-0.15, -0.1) is 0 Å². The highest BCUT2D eigenvalue weighted by Gasteiger charge is 2.32. The molecule has 0 amide bonds. The minimum Gasteiger partial charge on any atom is -0.464 e. The summed E-state index contributed by atoms with van der Waals surface area (Å²) < 4.78 is 42.8. The Bertz CT molecular complexity index is 493. The largest absolute Gasteiger partial charge is 0.464 e. The molecule has 0 aromatic carbocycles. The van der Waals surface area contributed by atoms with E-state index in [1.807, 2.05) is 0 Å². The molecule has 7 heteroatoms. The third kappa shape index (κ3) is 3.12. The van der Waals surface area contributed by atoms with Gasteiger partial charge in [-0.25, -0.2) is 4.79 Å². The minimum atomic E-state index is -4.57. The molecule has 100 valence electrons. The van der Waals surface area contributed by atoms with Gasteiger partial charge in [0.25, 0.3) is 5.56 Å². The fourth-order valence-corrected chi connectivity index (χ4v) is 1.35. The van der Waals surface area contributed by atoms with Crippen molar-refractivity contribution in [1.82, 2.24) is 4.57 Å². The van der Waals surface area contributed by atoms with Gasteiger partial charge in [-0.1, -0.05) is 0 Å². The number of alkyl halides is 3. The molecule has 0 unspecified atom stereocenters. The number of hydrogen-bond donors (Lipinski definition) is 0. The predicted octanol–water partition coefficient (Wildman–Crippen LogP) is 1.99. The Hall–Kier alpha value is -1.79. The van der Waals surface area contributed by atoms with Gasteiger partial charge < -0.3 is 9.30 Å². The number of ether oxygens (including phenoxy) is 1. The van der Waals surface area contributed by atoms with E-state index in [9.17, 15) is 22.8 Å². The van der Waals surface area contributed by atoms with Gasteiger partial charge in [-0.3, -0.25) is 4.79 Å². The van der Waals surface area contributed by atoms with E-state index in [1.54, 1.807) is 6.92 Å². The highest BCUT2D eigenvalue weighted by atomic mass is 19.4. The summed E-state index contributed by atoms with van der Waals surface area (Å²) in [6.07, 6.45) is -3.95. The third-order valence-electron chi connectivity index (χ3n) is 2.31. The van der Waals surface area contributed by atoms with Gasteiger partial charge in [0, 0.05) is 12.3 Å². The smallest absolute Gasteiger partial charge is 0.417 e. The number of hydrogen-bond acceptors (Lipinski definition) is 3. The molecule has 0 fully saturated rings. The van der Waals surface area contributed by atoms with E-state index in [4.69, 9.17) is 0 Å². The van der Waals surface area contributed by atoms with Crippen molar-refractivity contribution in [2.45, 2.75) is 26.1 Å². The van der Waals surface area contributed by atoms with Crippen LogP contribution >= 0.6 is 0 Å². The van der Waals surface area contributed by atoms with Gasteiger partial charge in [-0.2, -0.15) is 13.2 Å². The predicted molar refractivity (Wildman–Crippen MR) is 57.0 cm³/mol. The lowest BCUT2D eigenvalue weighted by Crippen LogP contribution is -2.29. The normalized spacial score (nSPS) is 13.2. The average Bonchev–Trinajstić information content (AvgIpc) is 2.27. The molecular formula is C11H12F3NO3. The first-order chi connectivity index (χ1) is 8.27. The Balaban J connectivity index is 3.16. The van der Waals surface area contributed by atoms with Crippen molar-refractivity contribution in [3.8, 4) is 0 Å². The first-order valence-electron chi connectivity index (χ1n) is 5.23. The second kappa shape index (κ2) is 5.24. The van der Waals surface area contributed by atoms with E-state index < -0.39 is 29.3 Å². The van der Waals surface area contributed by atoms with Crippen LogP contribution in [0.2, 0.25) is 0 Å². The number of esters is 1. The zero-order valence-electron chi connectivity index (χ0n) is 9.82. The van der Waals surface area contributed by atoms with E-state index >= 15 is 0 Å². The number of rotatable bonds is 3. The van der Waals surface area contributed by atoms with Crippen LogP contribution in [0.3, 0.4) is 0 Å². The lowest BCUT2D eigenvalue weighted by atomic mass is 10.2. The zero-order valence-corrected chi connectivity index (χ0v) is 9.82. The van der Waals surface area contributed by atoms with Crippen LogP contribution in [-0.2, 0) is 15.7 Å². The molecule has 4 nitrogen and oxygen atoms in total. The van der Waals surface area contributed by atoms with Gasteiger partial charge in [0.05, 0.1) is 12.2 Å². The zero-order chi connectivity index (χ0) is 13.9. The van der Waals surface area contributed by atoms with Crippen LogP contribution in [0.1, 0.15) is 25.5 Å². The van der Waals surface area contributed by atoms with Gasteiger partial charge in [-0.05, 0) is 19.9 Å². The molecule has 0 bridgehead atoms. The van der Waals surface area contributed by atoms with Crippen LogP contribution in [0.25, 0.3) is 0 Å². The summed E-state index contributed by atoms with van der Waals surface area (Å²) in [5.74, 6) is -0.751. The molecule has 0 N–H and O–H groups in total. The van der Waals surface area contributed by atoms with Crippen LogP contribution in [0, 0.1) is 0 Å². The maximum Gasteiger partial charge on any atom is 0.417 e. The summed E-state index contributed by atoms with van der Waals surface area (Å²) in [6.45, 7) is 2.97. The molecule has 1 heterocycles. The minimum absolute atomic E-state index is 0.0941. The van der Waals surface area contributed by atoms with Crippen LogP contribution in [0.15, 0.2) is 23.1 Å². The van der Waals surface area contributed by atoms with Crippen LogP contribution < -0.4 is 5.56 Å². The Labute approximate surface area is 101 Å². The summed E-state index contributed by atoms with van der Waals surface area (Å²) in [5, 5.41) is 0. The van der Waals surface area contributed by atoms with Crippen molar-refractivity contribution in [3.05, 3.63) is 34.2 Å². The summed E-state index contributed by atoms with van der Waals surface area (Å²) in [7, 11) is 0. The molecule has 0 radical (unpaired) electrons. The third-order valence-corrected chi connectivity index (χ3v) is 2.31. The fourth-order valence-electron chi connectivity index (χ4n) is 1.35. The molecule has 1 aromatic rings. The Morgan fingerprint density at radius 2 is 2.06 bits per heavy atom. The topological polar surface area (TPSA) is 48.3 Å². The molecule has 0 saturated heterocycles. The van der Waals surface area contributed by atoms with Crippen LogP contribution in [-0.4, -0.2) is 17.1 Å². The molecule has 0 spiro atoms. The lowest BCUT2D eigenvalue weighted by molar-refractivity contribution is -0.147. The van der Waals surface area contributed by atoms with Crippen molar-refractivity contribution in [2.75, 3.05) is 6.61 Å². The fraction of sp³-hybridized carbons (Fsp3) is 0.455. The number of carbonyl (C=O) groups is 1. The van der Waals surface area contributed by atoms with E-state index in [1.165, 1.54) is 6.92 Å². The first-order valence-corrected chi connectivity index (χ1v) is 5.23. The quantitative estimate of drug-likeness (QED) is 0.783. The van der Waals surface area contributed by atoms with E-state index in [2.05, 4.69) is 4.74 Å². The molecule has 0 saturated carbocycles. The Morgan fingerprint density at radius 3 is 2.56 bits per heavy atom. The number of nitrogens with zero attached hydrogens (tertiary/aromatic N) is 1. The molecule has 1 aromatic heterocycles. The van der Waals surface area contributed by atoms with E-state index in [0.29, 0.717) is 16.8 Å². The summed E-state index contributed by atoms with van der Waals surface area (Å²) in [4.78, 5) is 22.8. The van der Waals surface area contributed by atoms with E-state index in [-0.39, 0.29) is 6.61 Å². The number of carbonyl (C=O) groups excluding carboxylic acids is 1. The van der Waals surface area contributed by atoms with Gasteiger partial charge >= 0.3 is 12.1 Å². The highest BCUT2D eigenvalue weighted by Crippen LogP contribution is 2.28. The maximum absolute atomic E-state index is 12.5. The van der Waals surface area contributed by atoms with Crippen LogP contribution in [0.5, 0.6) is 0 Å². The van der Waals surface area contributed by atoms with Gasteiger partial charge in [0.2, 0.25) is 0 Å². The molecule has 0 aliphatic carbocycles. The molecule has 0 aliphatic rings. The second-order valence-electron chi connectivity index (χ2n) is 3.59. The summed E-state index contributed by atoms with van der Waals surface area (Å²) in [6, 6.07) is 0.356. The molecular weight excluding hydrogens is 251 g/mol. The average molecular weight is 263 g/mol. The standard InChI is InChI=1S/C11H12F3NO3/c1-3-18-10(17)7(2)15-6-8(11(12,13)14)4-5-9(15)16/h4-7H,3H2,1-2H3/t7-/m0/s1. The van der Waals surface area contributed by atoms with Gasteiger partial charge in [0.15, 0.2) is 0 Å². The van der Waals surface area contributed by atoms with Crippen molar-refractivity contribution in [2.24, 2.45) is 0 Å². The van der Waals surface area contributed by atoms with Crippen molar-refractivity contribution in [3.63, 3.8) is 0 Å². The monoisotopic (exact) mass is 263 g/mol. The molecule has 18 heavy (non-hydrogen) atoms. The van der Waals surface area contributed by atoms with Crippen molar-refractivity contribution >= 4 is 5.97 Å². The first kappa shape index (κ1) is 14.3. The van der Waals surface area contributed by atoms with Gasteiger partial charge in [0.1, 0.15) is 6.04 Å². The molecule has 0 aliphatic heterocycles. The highest BCUT2D eigenvalue weighted by molar-refractivity contribution is 5.73. The number of aromatic nitrogens is 1. The number of halogens is 3. The lowest BCUT2D eigenvalue weighted by Gasteiger charge is -2.15. The number of pyridine rings is 1.